The predicted molar refractivity (Wildman–Crippen MR) is 55.5 cm³/mol. The molecule has 0 radical (unpaired) electrons. The van der Waals surface area contributed by atoms with Crippen molar-refractivity contribution in [3.05, 3.63) is 35.6 Å². The normalized spacial score (nSPS) is 18.1. The summed E-state index contributed by atoms with van der Waals surface area (Å²) in [5, 5.41) is 9.35. The number of phenols is 1. The average molecular weight is 190 g/mol. The lowest BCUT2D eigenvalue weighted by Crippen LogP contribution is -2.20. The van der Waals surface area contributed by atoms with E-state index in [0.717, 1.165) is 17.1 Å². The van der Waals surface area contributed by atoms with Crippen LogP contribution in [0.15, 0.2) is 30.0 Å². The molecule has 2 heteroatoms. The number of aromatic hydroxyl groups is 1. The highest BCUT2D eigenvalue weighted by molar-refractivity contribution is 5.49. The van der Waals surface area contributed by atoms with E-state index in [1.165, 1.54) is 0 Å². The Bertz CT molecular complexity index is 403. The molecule has 74 valence electrons. The molecule has 0 aliphatic carbocycles. The van der Waals surface area contributed by atoms with Crippen molar-refractivity contribution in [1.29, 1.82) is 0 Å². The molecule has 0 unspecified atom stereocenters. The molecule has 0 spiro atoms. The average Bonchev–Trinajstić information content (AvgIpc) is 2.00. The van der Waals surface area contributed by atoms with E-state index in [9.17, 15) is 5.11 Å². The van der Waals surface area contributed by atoms with E-state index in [-0.39, 0.29) is 11.2 Å². The zero-order valence-electron chi connectivity index (χ0n) is 8.66. The molecule has 1 aliphatic heterocycles. The molecule has 0 atom stereocenters. The van der Waals surface area contributed by atoms with E-state index in [1.54, 1.807) is 12.1 Å². The summed E-state index contributed by atoms with van der Waals surface area (Å²) in [5.41, 5.74) is 1.09. The number of rotatable bonds is 0. The van der Waals surface area contributed by atoms with Gasteiger partial charge in [-0.15, -0.1) is 0 Å². The zero-order chi connectivity index (χ0) is 10.3. The Morgan fingerprint density at radius 2 is 2.00 bits per heavy atom. The van der Waals surface area contributed by atoms with Gasteiger partial charge in [0.05, 0.1) is 5.76 Å². The summed E-state index contributed by atoms with van der Waals surface area (Å²) in [6, 6.07) is 5.26. The largest absolute Gasteiger partial charge is 0.508 e. The van der Waals surface area contributed by atoms with Crippen molar-refractivity contribution in [1.82, 2.24) is 0 Å². The van der Waals surface area contributed by atoms with Crippen LogP contribution in [0.4, 0.5) is 0 Å². The van der Waals surface area contributed by atoms with Gasteiger partial charge >= 0.3 is 0 Å². The maximum atomic E-state index is 9.35. The maximum absolute atomic E-state index is 9.35. The number of allylic oxidation sites excluding steroid dienone is 2. The number of benzene rings is 1. The Morgan fingerprint density at radius 1 is 1.29 bits per heavy atom. The molecular formula is C12H14O2. The van der Waals surface area contributed by atoms with Crippen LogP contribution in [0.25, 0.3) is 0 Å². The molecule has 2 nitrogen and oxygen atoms in total. The Labute approximate surface area is 83.8 Å². The van der Waals surface area contributed by atoms with Crippen molar-refractivity contribution in [3.63, 3.8) is 0 Å². The van der Waals surface area contributed by atoms with Gasteiger partial charge < -0.3 is 9.84 Å². The monoisotopic (exact) mass is 190 g/mol. The fourth-order valence-corrected chi connectivity index (χ4v) is 1.92. The van der Waals surface area contributed by atoms with E-state index < -0.39 is 0 Å². The maximum Gasteiger partial charge on any atom is 0.134 e. The molecular weight excluding hydrogens is 176 g/mol. The highest BCUT2D eigenvalue weighted by Gasteiger charge is 2.27. The molecule has 1 N–H and O–H groups in total. The minimum atomic E-state index is -0.0225. The van der Waals surface area contributed by atoms with Crippen LogP contribution in [0.2, 0.25) is 0 Å². The fourth-order valence-electron chi connectivity index (χ4n) is 1.92. The third-order valence-corrected chi connectivity index (χ3v) is 2.49. The first-order valence-corrected chi connectivity index (χ1v) is 4.70. The molecule has 0 bridgehead atoms. The molecule has 0 fully saturated rings. The van der Waals surface area contributed by atoms with Gasteiger partial charge in [0, 0.05) is 17.0 Å². The lowest BCUT2D eigenvalue weighted by Gasteiger charge is -2.29. The first-order chi connectivity index (χ1) is 6.49. The molecule has 1 aromatic carbocycles. The molecule has 1 aromatic rings. The fraction of sp³-hybridized carbons (Fsp3) is 0.333. The van der Waals surface area contributed by atoms with E-state index in [1.807, 2.05) is 13.0 Å². The van der Waals surface area contributed by atoms with Crippen molar-refractivity contribution in [2.45, 2.75) is 26.2 Å². The number of hydrogen-bond donors (Lipinski definition) is 1. The van der Waals surface area contributed by atoms with Crippen LogP contribution in [-0.4, -0.2) is 5.11 Å². The highest BCUT2D eigenvalue weighted by Crippen LogP contribution is 2.39. The van der Waals surface area contributed by atoms with Crippen molar-refractivity contribution >= 4 is 0 Å². The second kappa shape index (κ2) is 2.77. The van der Waals surface area contributed by atoms with Gasteiger partial charge in [-0.1, -0.05) is 19.9 Å². The standard InChI is InChI=1S/C12H14O2/c1-8-7-12(2,3)10-5-4-9(13)6-11(10)14-8/h4-7,13H,1-3H3. The second-order valence-corrected chi connectivity index (χ2v) is 4.26. The summed E-state index contributed by atoms with van der Waals surface area (Å²) in [6.45, 7) is 6.19. The first kappa shape index (κ1) is 9.13. The molecule has 0 saturated heterocycles. The summed E-state index contributed by atoms with van der Waals surface area (Å²) >= 11 is 0. The molecule has 1 aliphatic rings. The van der Waals surface area contributed by atoms with Crippen LogP contribution in [0.5, 0.6) is 11.5 Å². The van der Waals surface area contributed by atoms with E-state index in [0.29, 0.717) is 0 Å². The van der Waals surface area contributed by atoms with Crippen LogP contribution in [0, 0.1) is 0 Å². The lowest BCUT2D eigenvalue weighted by atomic mass is 9.82. The van der Waals surface area contributed by atoms with Crippen molar-refractivity contribution in [2.24, 2.45) is 0 Å². The molecule has 0 saturated carbocycles. The van der Waals surface area contributed by atoms with Crippen molar-refractivity contribution in [3.8, 4) is 11.5 Å². The Morgan fingerprint density at radius 3 is 2.71 bits per heavy atom. The SMILES string of the molecule is CC1=CC(C)(C)c2ccc(O)cc2O1. The van der Waals surface area contributed by atoms with Gasteiger partial charge in [-0.3, -0.25) is 0 Å². The van der Waals surface area contributed by atoms with Crippen molar-refractivity contribution in [2.75, 3.05) is 0 Å². The molecule has 0 aromatic heterocycles. The molecule has 1 heterocycles. The number of fused-ring (bicyclic) bond motifs is 1. The smallest absolute Gasteiger partial charge is 0.134 e. The second-order valence-electron chi connectivity index (χ2n) is 4.26. The third kappa shape index (κ3) is 1.37. The minimum Gasteiger partial charge on any atom is -0.508 e. The number of ether oxygens (including phenoxy) is 1. The summed E-state index contributed by atoms with van der Waals surface area (Å²) in [5.74, 6) is 1.89. The third-order valence-electron chi connectivity index (χ3n) is 2.49. The Hall–Kier alpha value is -1.44. The summed E-state index contributed by atoms with van der Waals surface area (Å²) in [6.07, 6.45) is 2.09. The Kier molecular flexibility index (Phi) is 1.81. The van der Waals surface area contributed by atoms with Crippen LogP contribution in [0.1, 0.15) is 26.3 Å². The highest BCUT2D eigenvalue weighted by atomic mass is 16.5. The van der Waals surface area contributed by atoms with Crippen LogP contribution >= 0.6 is 0 Å². The topological polar surface area (TPSA) is 29.5 Å². The predicted octanol–water partition coefficient (Wildman–Crippen LogP) is 2.97. The molecule has 2 rings (SSSR count). The van der Waals surface area contributed by atoms with Gasteiger partial charge in [0.2, 0.25) is 0 Å². The van der Waals surface area contributed by atoms with E-state index in [4.69, 9.17) is 4.74 Å². The molecule has 0 amide bonds. The Balaban J connectivity index is 2.59. The van der Waals surface area contributed by atoms with Crippen LogP contribution < -0.4 is 4.74 Å². The summed E-state index contributed by atoms with van der Waals surface area (Å²) < 4.78 is 5.55. The number of phenolic OH excluding ortho intramolecular Hbond substituents is 1. The molecule has 14 heavy (non-hydrogen) atoms. The minimum absolute atomic E-state index is 0.0225. The van der Waals surface area contributed by atoms with Gasteiger partial charge in [-0.25, -0.2) is 0 Å². The van der Waals surface area contributed by atoms with Gasteiger partial charge in [0.1, 0.15) is 11.5 Å². The van der Waals surface area contributed by atoms with E-state index >= 15 is 0 Å². The first-order valence-electron chi connectivity index (χ1n) is 4.70. The van der Waals surface area contributed by atoms with Crippen LogP contribution in [-0.2, 0) is 5.41 Å². The number of hydrogen-bond acceptors (Lipinski definition) is 2. The zero-order valence-corrected chi connectivity index (χ0v) is 8.66. The van der Waals surface area contributed by atoms with Gasteiger partial charge in [-0.05, 0) is 19.1 Å². The van der Waals surface area contributed by atoms with E-state index in [2.05, 4.69) is 19.9 Å². The lowest BCUT2D eigenvalue weighted by molar-refractivity contribution is 0.379. The van der Waals surface area contributed by atoms with Gasteiger partial charge in [0.25, 0.3) is 0 Å². The van der Waals surface area contributed by atoms with Crippen LogP contribution in [0.3, 0.4) is 0 Å². The summed E-state index contributed by atoms with van der Waals surface area (Å²) in [7, 11) is 0. The van der Waals surface area contributed by atoms with Crippen molar-refractivity contribution < 1.29 is 9.84 Å². The summed E-state index contributed by atoms with van der Waals surface area (Å²) in [4.78, 5) is 0. The van der Waals surface area contributed by atoms with Gasteiger partial charge in [0.15, 0.2) is 0 Å². The quantitative estimate of drug-likeness (QED) is 0.681. The van der Waals surface area contributed by atoms with Gasteiger partial charge in [-0.2, -0.15) is 0 Å².